The topological polar surface area (TPSA) is 89.8 Å². The zero-order chi connectivity index (χ0) is 19.8. The van der Waals surface area contributed by atoms with Gasteiger partial charge >= 0.3 is 0 Å². The van der Waals surface area contributed by atoms with E-state index in [9.17, 15) is 12.8 Å². The number of nitrogens with zero attached hydrogens (tertiary/aromatic N) is 4. The highest BCUT2D eigenvalue weighted by atomic mass is 32.2. The van der Waals surface area contributed by atoms with Crippen LogP contribution in [-0.2, 0) is 23.3 Å². The number of sulfone groups is 1. The summed E-state index contributed by atoms with van der Waals surface area (Å²) in [6, 6.07) is 5.73. The summed E-state index contributed by atoms with van der Waals surface area (Å²) in [7, 11) is -1.80. The van der Waals surface area contributed by atoms with Crippen molar-refractivity contribution in [2.24, 2.45) is 7.05 Å². The Hall–Kier alpha value is -2.81. The van der Waals surface area contributed by atoms with E-state index in [1.807, 2.05) is 20.9 Å². The normalized spacial score (nSPS) is 11.6. The maximum absolute atomic E-state index is 13.8. The molecule has 0 unspecified atom stereocenters. The average Bonchev–Trinajstić information content (AvgIpc) is 2.82. The van der Waals surface area contributed by atoms with Gasteiger partial charge in [-0.1, -0.05) is 6.07 Å². The molecule has 2 heterocycles. The number of aryl methyl sites for hydroxylation is 2. The van der Waals surface area contributed by atoms with E-state index in [0.717, 1.165) is 29.4 Å². The van der Waals surface area contributed by atoms with Crippen molar-refractivity contribution in [2.45, 2.75) is 25.2 Å². The number of rotatable bonds is 5. The van der Waals surface area contributed by atoms with Gasteiger partial charge in [-0.3, -0.25) is 4.68 Å². The van der Waals surface area contributed by atoms with Gasteiger partial charge in [0.2, 0.25) is 0 Å². The minimum absolute atomic E-state index is 0.279. The van der Waals surface area contributed by atoms with E-state index < -0.39 is 15.7 Å². The van der Waals surface area contributed by atoms with Crippen LogP contribution in [0.15, 0.2) is 35.4 Å². The Morgan fingerprint density at radius 2 is 1.96 bits per heavy atom. The van der Waals surface area contributed by atoms with Crippen molar-refractivity contribution in [1.82, 2.24) is 19.7 Å². The SMILES string of the molecule is Cc1nn(C)c(Nc2ccnc(Cc3ccc(F)c(S(C)(=O)=O)c3)n2)c1C. The van der Waals surface area contributed by atoms with Gasteiger partial charge in [0.15, 0.2) is 9.84 Å². The molecular weight excluding hydrogens is 369 g/mol. The lowest BCUT2D eigenvalue weighted by molar-refractivity contribution is 0.570. The Morgan fingerprint density at radius 1 is 1.22 bits per heavy atom. The van der Waals surface area contributed by atoms with Crippen LogP contribution >= 0.6 is 0 Å². The van der Waals surface area contributed by atoms with Crippen LogP contribution in [-0.4, -0.2) is 34.4 Å². The molecule has 3 rings (SSSR count). The van der Waals surface area contributed by atoms with E-state index in [-0.39, 0.29) is 11.3 Å². The van der Waals surface area contributed by atoms with Crippen molar-refractivity contribution in [3.63, 3.8) is 0 Å². The van der Waals surface area contributed by atoms with E-state index in [1.54, 1.807) is 16.9 Å². The number of nitrogens with one attached hydrogen (secondary N) is 1. The molecule has 0 fully saturated rings. The molecule has 0 amide bonds. The molecule has 27 heavy (non-hydrogen) atoms. The van der Waals surface area contributed by atoms with Gasteiger partial charge in [-0.15, -0.1) is 0 Å². The molecule has 0 aliphatic carbocycles. The van der Waals surface area contributed by atoms with Crippen LogP contribution in [0.25, 0.3) is 0 Å². The standard InChI is InChI=1S/C18H20FN5O2S/c1-11-12(2)23-24(3)18(11)22-16-7-8-20-17(21-16)10-13-5-6-14(19)15(9-13)27(4,25)26/h5-9H,10H2,1-4H3,(H,20,21,22). The summed E-state index contributed by atoms with van der Waals surface area (Å²) in [5.74, 6) is 1.15. The maximum atomic E-state index is 13.8. The van der Waals surface area contributed by atoms with Gasteiger partial charge < -0.3 is 5.32 Å². The zero-order valence-corrected chi connectivity index (χ0v) is 16.3. The number of hydrogen-bond acceptors (Lipinski definition) is 6. The molecule has 0 saturated carbocycles. The van der Waals surface area contributed by atoms with Crippen LogP contribution in [0.4, 0.5) is 16.0 Å². The Morgan fingerprint density at radius 3 is 2.59 bits per heavy atom. The summed E-state index contributed by atoms with van der Waals surface area (Å²) in [5.41, 5.74) is 2.56. The fraction of sp³-hybridized carbons (Fsp3) is 0.278. The fourth-order valence-corrected chi connectivity index (χ4v) is 3.53. The monoisotopic (exact) mass is 389 g/mol. The van der Waals surface area contributed by atoms with Crippen LogP contribution in [0, 0.1) is 19.7 Å². The van der Waals surface area contributed by atoms with E-state index in [1.165, 1.54) is 12.1 Å². The first-order valence-electron chi connectivity index (χ1n) is 8.23. The second-order valence-electron chi connectivity index (χ2n) is 6.38. The van der Waals surface area contributed by atoms with Gasteiger partial charge in [0, 0.05) is 31.5 Å². The largest absolute Gasteiger partial charge is 0.325 e. The summed E-state index contributed by atoms with van der Waals surface area (Å²) < 4.78 is 38.9. The number of hydrogen-bond donors (Lipinski definition) is 1. The molecule has 0 bridgehead atoms. The van der Waals surface area contributed by atoms with Crippen LogP contribution in [0.5, 0.6) is 0 Å². The highest BCUT2D eigenvalue weighted by Gasteiger charge is 2.15. The van der Waals surface area contributed by atoms with Gasteiger partial charge in [-0.25, -0.2) is 22.8 Å². The van der Waals surface area contributed by atoms with Crippen molar-refractivity contribution >= 4 is 21.5 Å². The van der Waals surface area contributed by atoms with Crippen LogP contribution in [0.2, 0.25) is 0 Å². The third-order valence-corrected chi connectivity index (χ3v) is 5.34. The van der Waals surface area contributed by atoms with Crippen molar-refractivity contribution in [3.8, 4) is 0 Å². The Bertz CT molecular complexity index is 1110. The lowest BCUT2D eigenvalue weighted by atomic mass is 10.1. The Kier molecular flexibility index (Phi) is 4.97. The smallest absolute Gasteiger partial charge is 0.178 e. The third-order valence-electron chi connectivity index (χ3n) is 4.23. The van der Waals surface area contributed by atoms with Crippen LogP contribution in [0.1, 0.15) is 22.6 Å². The van der Waals surface area contributed by atoms with Crippen LogP contribution in [0.3, 0.4) is 0 Å². The molecule has 0 aliphatic heterocycles. The van der Waals surface area contributed by atoms with Gasteiger partial charge in [0.1, 0.15) is 28.2 Å². The molecule has 0 radical (unpaired) electrons. The van der Waals surface area contributed by atoms with Crippen LogP contribution < -0.4 is 5.32 Å². The van der Waals surface area contributed by atoms with Crippen molar-refractivity contribution in [1.29, 1.82) is 0 Å². The van der Waals surface area contributed by atoms with Crippen molar-refractivity contribution < 1.29 is 12.8 Å². The quantitative estimate of drug-likeness (QED) is 0.722. The van der Waals surface area contributed by atoms with Gasteiger partial charge in [0.25, 0.3) is 0 Å². The number of anilines is 2. The summed E-state index contributed by atoms with van der Waals surface area (Å²) in [6.45, 7) is 3.90. The van der Waals surface area contributed by atoms with Gasteiger partial charge in [0.05, 0.1) is 5.69 Å². The van der Waals surface area contributed by atoms with Gasteiger partial charge in [-0.05, 0) is 37.6 Å². The van der Waals surface area contributed by atoms with Crippen molar-refractivity contribution in [3.05, 3.63) is 58.9 Å². The molecule has 0 aliphatic rings. The number of halogens is 1. The highest BCUT2D eigenvalue weighted by Crippen LogP contribution is 2.22. The summed E-state index contributed by atoms with van der Waals surface area (Å²) in [6.07, 6.45) is 2.88. The molecule has 0 atom stereocenters. The molecule has 142 valence electrons. The second-order valence-corrected chi connectivity index (χ2v) is 8.36. The Labute approximate surface area is 157 Å². The predicted octanol–water partition coefficient (Wildman–Crippen LogP) is 2.70. The molecule has 7 nitrogen and oxygen atoms in total. The summed E-state index contributed by atoms with van der Waals surface area (Å²) >= 11 is 0. The van der Waals surface area contributed by atoms with E-state index >= 15 is 0 Å². The van der Waals surface area contributed by atoms with Crippen molar-refractivity contribution in [2.75, 3.05) is 11.6 Å². The molecule has 0 saturated heterocycles. The Balaban J connectivity index is 1.87. The predicted molar refractivity (Wildman–Crippen MR) is 100 cm³/mol. The zero-order valence-electron chi connectivity index (χ0n) is 15.5. The van der Waals surface area contributed by atoms with E-state index in [4.69, 9.17) is 0 Å². The van der Waals surface area contributed by atoms with Gasteiger partial charge in [-0.2, -0.15) is 5.10 Å². The third kappa shape index (κ3) is 4.13. The highest BCUT2D eigenvalue weighted by molar-refractivity contribution is 7.90. The lowest BCUT2D eigenvalue weighted by Gasteiger charge is -2.09. The average molecular weight is 389 g/mol. The second kappa shape index (κ2) is 7.07. The first-order chi connectivity index (χ1) is 12.6. The molecule has 1 N–H and O–H groups in total. The number of aromatic nitrogens is 4. The molecule has 1 aromatic carbocycles. The molecule has 0 spiro atoms. The fourth-order valence-electron chi connectivity index (χ4n) is 2.74. The molecular formula is C18H20FN5O2S. The van der Waals surface area contributed by atoms with E-state index in [0.29, 0.717) is 17.2 Å². The first kappa shape index (κ1) is 19.0. The minimum atomic E-state index is -3.64. The number of benzene rings is 1. The first-order valence-corrected chi connectivity index (χ1v) is 10.1. The maximum Gasteiger partial charge on any atom is 0.178 e. The summed E-state index contributed by atoms with van der Waals surface area (Å²) in [5, 5.41) is 7.58. The minimum Gasteiger partial charge on any atom is -0.325 e. The summed E-state index contributed by atoms with van der Waals surface area (Å²) in [4.78, 5) is 8.36. The molecule has 9 heteroatoms. The lowest BCUT2D eigenvalue weighted by Crippen LogP contribution is -2.05. The molecule has 3 aromatic rings. The van der Waals surface area contributed by atoms with E-state index in [2.05, 4.69) is 20.4 Å². The molecule has 2 aromatic heterocycles.